The van der Waals surface area contributed by atoms with E-state index in [9.17, 15) is 4.39 Å². The molecule has 0 heterocycles. The van der Waals surface area contributed by atoms with E-state index >= 15 is 0 Å². The predicted molar refractivity (Wildman–Crippen MR) is 90.3 cm³/mol. The molecule has 0 amide bonds. The number of benzene rings is 3. The number of halogens is 2. The lowest BCUT2D eigenvalue weighted by Crippen LogP contribution is -1.91. The van der Waals surface area contributed by atoms with Gasteiger partial charge in [-0.2, -0.15) is 0 Å². The highest BCUT2D eigenvalue weighted by Crippen LogP contribution is 2.28. The number of nitrogens with one attached hydrogen (secondary N) is 1. The summed E-state index contributed by atoms with van der Waals surface area (Å²) in [5, 5.41) is 3.28. The number of anilines is 2. The maximum Gasteiger partial charge on any atom is 0.165 e. The molecule has 0 aliphatic carbocycles. The molecule has 0 atom stereocenters. The standard InChI is InChI=1S/C18H13BrFNO/c19-13-6-11-17(20)18(12-13)22-16-9-7-15(8-10-16)21-14-4-2-1-3-5-14/h1-12,21H. The Morgan fingerprint density at radius 2 is 1.50 bits per heavy atom. The SMILES string of the molecule is Fc1ccc(Br)cc1Oc1ccc(Nc2ccccc2)cc1. The van der Waals surface area contributed by atoms with E-state index in [4.69, 9.17) is 4.74 Å². The van der Waals surface area contributed by atoms with Crippen LogP contribution >= 0.6 is 15.9 Å². The van der Waals surface area contributed by atoms with Crippen molar-refractivity contribution in [2.45, 2.75) is 0 Å². The smallest absolute Gasteiger partial charge is 0.165 e. The maximum absolute atomic E-state index is 13.7. The first kappa shape index (κ1) is 14.6. The zero-order valence-corrected chi connectivity index (χ0v) is 13.2. The molecule has 0 radical (unpaired) electrons. The maximum atomic E-state index is 13.7. The first-order valence-electron chi connectivity index (χ1n) is 6.76. The van der Waals surface area contributed by atoms with Crippen LogP contribution in [0.4, 0.5) is 15.8 Å². The first-order chi connectivity index (χ1) is 10.7. The second kappa shape index (κ2) is 6.62. The largest absolute Gasteiger partial charge is 0.454 e. The minimum atomic E-state index is -0.394. The first-order valence-corrected chi connectivity index (χ1v) is 7.55. The summed E-state index contributed by atoms with van der Waals surface area (Å²) in [6, 6.07) is 21.8. The van der Waals surface area contributed by atoms with Crippen LogP contribution in [0.2, 0.25) is 0 Å². The van der Waals surface area contributed by atoms with Gasteiger partial charge < -0.3 is 10.1 Å². The van der Waals surface area contributed by atoms with Crippen LogP contribution in [0, 0.1) is 5.82 Å². The number of ether oxygens (including phenoxy) is 1. The van der Waals surface area contributed by atoms with E-state index in [1.807, 2.05) is 42.5 Å². The van der Waals surface area contributed by atoms with Crippen molar-refractivity contribution in [1.29, 1.82) is 0 Å². The van der Waals surface area contributed by atoms with Crippen molar-refractivity contribution < 1.29 is 9.13 Å². The zero-order chi connectivity index (χ0) is 15.4. The molecule has 1 N–H and O–H groups in total. The Kier molecular flexibility index (Phi) is 4.39. The van der Waals surface area contributed by atoms with Crippen molar-refractivity contribution in [2.24, 2.45) is 0 Å². The summed E-state index contributed by atoms with van der Waals surface area (Å²) in [5.74, 6) is 0.378. The normalized spacial score (nSPS) is 10.3. The molecule has 2 nitrogen and oxygen atoms in total. The third kappa shape index (κ3) is 3.65. The monoisotopic (exact) mass is 357 g/mol. The van der Waals surface area contributed by atoms with Crippen LogP contribution in [0.1, 0.15) is 0 Å². The lowest BCUT2D eigenvalue weighted by molar-refractivity contribution is 0.442. The fourth-order valence-electron chi connectivity index (χ4n) is 1.98. The predicted octanol–water partition coefficient (Wildman–Crippen LogP) is 6.12. The molecule has 0 saturated heterocycles. The van der Waals surface area contributed by atoms with Gasteiger partial charge in [0.05, 0.1) is 0 Å². The summed E-state index contributed by atoms with van der Waals surface area (Å²) in [4.78, 5) is 0. The van der Waals surface area contributed by atoms with Gasteiger partial charge in [0.15, 0.2) is 11.6 Å². The van der Waals surface area contributed by atoms with Crippen molar-refractivity contribution in [1.82, 2.24) is 0 Å². The van der Waals surface area contributed by atoms with E-state index in [2.05, 4.69) is 21.2 Å². The summed E-state index contributed by atoms with van der Waals surface area (Å²) in [6.45, 7) is 0. The van der Waals surface area contributed by atoms with Gasteiger partial charge >= 0.3 is 0 Å². The quantitative estimate of drug-likeness (QED) is 0.606. The van der Waals surface area contributed by atoms with Crippen LogP contribution in [0.25, 0.3) is 0 Å². The molecule has 0 fully saturated rings. The second-order valence-electron chi connectivity index (χ2n) is 4.69. The van der Waals surface area contributed by atoms with Crippen LogP contribution < -0.4 is 10.1 Å². The van der Waals surface area contributed by atoms with Gasteiger partial charge in [0.1, 0.15) is 5.75 Å². The Labute approximate surface area is 136 Å². The zero-order valence-electron chi connectivity index (χ0n) is 11.6. The lowest BCUT2D eigenvalue weighted by Gasteiger charge is -2.09. The van der Waals surface area contributed by atoms with E-state index in [0.29, 0.717) is 5.75 Å². The van der Waals surface area contributed by atoms with Gasteiger partial charge in [-0.1, -0.05) is 34.1 Å². The summed E-state index contributed by atoms with van der Waals surface area (Å²) in [7, 11) is 0. The minimum Gasteiger partial charge on any atom is -0.454 e. The van der Waals surface area contributed by atoms with E-state index in [1.165, 1.54) is 6.07 Å². The van der Waals surface area contributed by atoms with Crippen molar-refractivity contribution in [3.8, 4) is 11.5 Å². The molecule has 3 aromatic rings. The molecule has 0 aliphatic rings. The lowest BCUT2D eigenvalue weighted by atomic mass is 10.2. The molecule has 110 valence electrons. The van der Waals surface area contributed by atoms with Gasteiger partial charge in [-0.3, -0.25) is 0 Å². The molecule has 0 aliphatic heterocycles. The Morgan fingerprint density at radius 3 is 2.23 bits per heavy atom. The summed E-state index contributed by atoms with van der Waals surface area (Å²) >= 11 is 3.30. The molecular weight excluding hydrogens is 345 g/mol. The molecule has 3 rings (SSSR count). The molecule has 0 aromatic heterocycles. The van der Waals surface area contributed by atoms with Crippen molar-refractivity contribution in [3.05, 3.63) is 83.1 Å². The number of rotatable bonds is 4. The van der Waals surface area contributed by atoms with E-state index in [1.54, 1.807) is 24.3 Å². The summed E-state index contributed by atoms with van der Waals surface area (Å²) < 4.78 is 20.0. The van der Waals surface area contributed by atoms with Gasteiger partial charge in [0.2, 0.25) is 0 Å². The molecule has 4 heteroatoms. The Hall–Kier alpha value is -2.33. The van der Waals surface area contributed by atoms with Crippen molar-refractivity contribution in [3.63, 3.8) is 0 Å². The molecule has 0 unspecified atom stereocenters. The van der Waals surface area contributed by atoms with E-state index < -0.39 is 5.82 Å². The van der Waals surface area contributed by atoms with Crippen LogP contribution in [0.5, 0.6) is 11.5 Å². The van der Waals surface area contributed by atoms with Crippen LogP contribution in [-0.4, -0.2) is 0 Å². The van der Waals surface area contributed by atoms with Gasteiger partial charge in [-0.05, 0) is 54.6 Å². The molecule has 0 saturated carbocycles. The highest BCUT2D eigenvalue weighted by molar-refractivity contribution is 9.10. The molecule has 3 aromatic carbocycles. The van der Waals surface area contributed by atoms with Gasteiger partial charge in [-0.25, -0.2) is 4.39 Å². The van der Waals surface area contributed by atoms with Crippen molar-refractivity contribution >= 4 is 27.3 Å². The fraction of sp³-hybridized carbons (Fsp3) is 0. The Balaban J connectivity index is 1.73. The number of hydrogen-bond donors (Lipinski definition) is 1. The number of hydrogen-bond acceptors (Lipinski definition) is 2. The molecule has 22 heavy (non-hydrogen) atoms. The van der Waals surface area contributed by atoms with Crippen LogP contribution in [0.3, 0.4) is 0 Å². The molecular formula is C18H13BrFNO. The van der Waals surface area contributed by atoms with Crippen LogP contribution in [0.15, 0.2) is 77.3 Å². The highest BCUT2D eigenvalue weighted by atomic mass is 79.9. The average Bonchev–Trinajstić information content (AvgIpc) is 2.54. The minimum absolute atomic E-state index is 0.193. The van der Waals surface area contributed by atoms with E-state index in [0.717, 1.165) is 15.8 Å². The summed E-state index contributed by atoms with van der Waals surface area (Å²) in [6.07, 6.45) is 0. The third-order valence-corrected chi connectivity index (χ3v) is 3.53. The Bertz CT molecular complexity index is 760. The van der Waals surface area contributed by atoms with Gasteiger partial charge in [0.25, 0.3) is 0 Å². The Morgan fingerprint density at radius 1 is 0.818 bits per heavy atom. The molecule has 0 bridgehead atoms. The second-order valence-corrected chi connectivity index (χ2v) is 5.61. The third-order valence-electron chi connectivity index (χ3n) is 3.04. The van der Waals surface area contributed by atoms with Gasteiger partial charge in [-0.15, -0.1) is 0 Å². The highest BCUT2D eigenvalue weighted by Gasteiger charge is 2.05. The summed E-state index contributed by atoms with van der Waals surface area (Å²) in [5.41, 5.74) is 1.95. The number of para-hydroxylation sites is 1. The van der Waals surface area contributed by atoms with Crippen molar-refractivity contribution in [2.75, 3.05) is 5.32 Å². The van der Waals surface area contributed by atoms with Gasteiger partial charge in [0, 0.05) is 15.8 Å². The molecule has 0 spiro atoms. The topological polar surface area (TPSA) is 21.3 Å². The van der Waals surface area contributed by atoms with E-state index in [-0.39, 0.29) is 5.75 Å². The fourth-order valence-corrected chi connectivity index (χ4v) is 2.32. The average molecular weight is 358 g/mol. The van der Waals surface area contributed by atoms with Crippen LogP contribution in [-0.2, 0) is 0 Å².